The molecule has 0 spiro atoms. The van der Waals surface area contributed by atoms with Crippen molar-refractivity contribution >= 4 is 9.24 Å². The SMILES string of the molecule is C[C-](C)C.[CH2-]C.[CH2-]P.[Hf]. The Bertz CT molecular complexity index is 13.6. The molecule has 0 fully saturated rings. The standard InChI is InChI=1S/C4H9.C2H5.CH4P.Hf/c1-4(2)3;2*1-2;/h1-3H3;1H2,2H3;1-2H2;/q3*-1;. The molecule has 0 saturated carbocycles. The summed E-state index contributed by atoms with van der Waals surface area (Å²) in [5.74, 6) is 1.42. The van der Waals surface area contributed by atoms with Crippen LogP contribution < -0.4 is 0 Å². The second-order valence-corrected chi connectivity index (χ2v) is 1.50. The van der Waals surface area contributed by atoms with Crippen molar-refractivity contribution in [2.45, 2.75) is 27.7 Å². The molecule has 0 aliphatic carbocycles. The van der Waals surface area contributed by atoms with Gasteiger partial charge in [-0.2, -0.15) is 27.7 Å². The Morgan fingerprint density at radius 2 is 1.00 bits per heavy atom. The van der Waals surface area contributed by atoms with E-state index in [1.165, 1.54) is 5.92 Å². The molecule has 0 bridgehead atoms. The monoisotopic (exact) mass is 313 g/mol. The van der Waals surface area contributed by atoms with Gasteiger partial charge in [-0.05, 0) is 0 Å². The fraction of sp³-hybridized carbons (Fsp3) is 0.571. The summed E-state index contributed by atoms with van der Waals surface area (Å²) in [5.41, 5.74) is 0. The smallest absolute Gasteiger partial charge is 0 e. The summed E-state index contributed by atoms with van der Waals surface area (Å²) in [5, 5.41) is 0. The molecule has 1 atom stereocenters. The van der Waals surface area contributed by atoms with Crippen LogP contribution in [0.2, 0.25) is 0 Å². The van der Waals surface area contributed by atoms with Crippen LogP contribution in [0.15, 0.2) is 0 Å². The third-order valence-corrected chi connectivity index (χ3v) is 0. The van der Waals surface area contributed by atoms with Crippen molar-refractivity contribution < 1.29 is 25.8 Å². The molecule has 9 heavy (non-hydrogen) atoms. The van der Waals surface area contributed by atoms with Crippen LogP contribution in [0.1, 0.15) is 27.7 Å². The Morgan fingerprint density at radius 1 is 1.00 bits per heavy atom. The van der Waals surface area contributed by atoms with E-state index in [0.717, 1.165) is 0 Å². The normalized spacial score (nSPS) is 5.33. The molecule has 0 aromatic rings. The Hall–Kier alpha value is 1.30. The first-order chi connectivity index (χ1) is 3.73. The zero-order valence-corrected chi connectivity index (χ0v) is 11.7. The van der Waals surface area contributed by atoms with Crippen LogP contribution in [-0.2, 0) is 25.8 Å². The van der Waals surface area contributed by atoms with Crippen LogP contribution in [0.25, 0.3) is 0 Å². The van der Waals surface area contributed by atoms with E-state index in [-0.39, 0.29) is 25.8 Å². The Kier molecular flexibility index (Phi) is 86.4. The second kappa shape index (κ2) is 34.6. The van der Waals surface area contributed by atoms with Gasteiger partial charge >= 0.3 is 0 Å². The molecule has 0 aromatic carbocycles. The van der Waals surface area contributed by atoms with Gasteiger partial charge in [0.2, 0.25) is 0 Å². The topological polar surface area (TPSA) is 0 Å². The van der Waals surface area contributed by atoms with Gasteiger partial charge in [0.25, 0.3) is 0 Å². The van der Waals surface area contributed by atoms with Crippen molar-refractivity contribution in [2.75, 3.05) is 0 Å². The van der Waals surface area contributed by atoms with Crippen molar-refractivity contribution in [1.29, 1.82) is 0 Å². The van der Waals surface area contributed by atoms with Gasteiger partial charge in [0.15, 0.2) is 0 Å². The molecule has 0 aliphatic rings. The molecular formula is C7H18HfP-3. The fourth-order valence-electron chi connectivity index (χ4n) is 0. The molecule has 0 nitrogen and oxygen atoms in total. The van der Waals surface area contributed by atoms with Crippen molar-refractivity contribution in [3.8, 4) is 0 Å². The first-order valence-corrected chi connectivity index (χ1v) is 3.43. The van der Waals surface area contributed by atoms with Crippen LogP contribution in [0.4, 0.5) is 0 Å². The summed E-state index contributed by atoms with van der Waals surface area (Å²) in [4.78, 5) is 0. The summed E-state index contributed by atoms with van der Waals surface area (Å²) < 4.78 is 0. The van der Waals surface area contributed by atoms with Crippen molar-refractivity contribution in [2.24, 2.45) is 0 Å². The molecule has 1 unspecified atom stereocenters. The van der Waals surface area contributed by atoms with Gasteiger partial charge in [0.05, 0.1) is 0 Å². The first kappa shape index (κ1) is 22.4. The average Bonchev–Trinajstić information content (AvgIpc) is 1.75. The van der Waals surface area contributed by atoms with Crippen LogP contribution >= 0.6 is 9.24 Å². The predicted octanol–water partition coefficient (Wildman–Crippen LogP) is 3.11. The van der Waals surface area contributed by atoms with Crippen LogP contribution in [-0.4, -0.2) is 0 Å². The molecule has 0 amide bonds. The van der Waals surface area contributed by atoms with Gasteiger partial charge < -0.3 is 28.7 Å². The Labute approximate surface area is 82.2 Å². The molecule has 0 N–H and O–H groups in total. The molecule has 0 aromatic heterocycles. The molecule has 0 radical (unpaired) electrons. The van der Waals surface area contributed by atoms with E-state index in [4.69, 9.17) is 0 Å². The zero-order valence-electron chi connectivity index (χ0n) is 6.99. The number of hydrogen-bond acceptors (Lipinski definition) is 0. The third-order valence-electron chi connectivity index (χ3n) is 0. The van der Waals surface area contributed by atoms with E-state index in [9.17, 15) is 0 Å². The largest absolute Gasteiger partial charge is 0.346 e. The van der Waals surface area contributed by atoms with E-state index in [0.29, 0.717) is 0 Å². The van der Waals surface area contributed by atoms with Crippen molar-refractivity contribution in [1.82, 2.24) is 0 Å². The molecule has 0 heterocycles. The van der Waals surface area contributed by atoms with E-state index >= 15 is 0 Å². The summed E-state index contributed by atoms with van der Waals surface area (Å²) >= 11 is 0. The summed E-state index contributed by atoms with van der Waals surface area (Å²) in [6, 6.07) is 0. The number of rotatable bonds is 0. The molecule has 58 valence electrons. The number of hydrogen-bond donors (Lipinski definition) is 0. The van der Waals surface area contributed by atoms with Gasteiger partial charge in [-0.3, -0.25) is 0 Å². The minimum atomic E-state index is 0. The minimum absolute atomic E-state index is 0. The maximum Gasteiger partial charge on any atom is 0 e. The quantitative estimate of drug-likeness (QED) is 0.366. The van der Waals surface area contributed by atoms with Crippen LogP contribution in [0.3, 0.4) is 0 Å². The van der Waals surface area contributed by atoms with Gasteiger partial charge in [0.1, 0.15) is 0 Å². The molecule has 0 aliphatic heterocycles. The van der Waals surface area contributed by atoms with Gasteiger partial charge in [-0.1, -0.05) is 0 Å². The average molecular weight is 312 g/mol. The summed E-state index contributed by atoms with van der Waals surface area (Å²) in [6.45, 7) is 14.4. The maximum atomic E-state index is 3.25. The van der Waals surface area contributed by atoms with E-state index in [1.807, 2.05) is 0 Å². The van der Waals surface area contributed by atoms with Gasteiger partial charge in [0, 0.05) is 25.8 Å². The Morgan fingerprint density at radius 3 is 1.00 bits per heavy atom. The molecule has 0 rings (SSSR count). The third kappa shape index (κ3) is 293. The van der Waals surface area contributed by atoms with Crippen LogP contribution in [0.5, 0.6) is 0 Å². The second-order valence-electron chi connectivity index (χ2n) is 1.50. The molecular weight excluding hydrogens is 294 g/mol. The van der Waals surface area contributed by atoms with Gasteiger partial charge in [-0.25, -0.2) is 0 Å². The zero-order chi connectivity index (χ0) is 7.58. The molecule has 2 heteroatoms. The van der Waals surface area contributed by atoms with Gasteiger partial charge in [-0.15, -0.1) is 0 Å². The Balaban J connectivity index is -0.0000000221. The summed E-state index contributed by atoms with van der Waals surface area (Å²) in [7, 11) is 2.17. The van der Waals surface area contributed by atoms with Crippen LogP contribution in [0, 0.1) is 19.5 Å². The van der Waals surface area contributed by atoms with Crippen molar-refractivity contribution in [3.05, 3.63) is 19.5 Å². The molecule has 0 saturated heterocycles. The predicted molar refractivity (Wildman–Crippen MR) is 46.4 cm³/mol. The first-order valence-electron chi connectivity index (χ1n) is 2.62. The summed E-state index contributed by atoms with van der Waals surface area (Å²) in [6.07, 6.45) is 0. The maximum absolute atomic E-state index is 3.25. The van der Waals surface area contributed by atoms with E-state index in [1.54, 1.807) is 6.92 Å². The van der Waals surface area contributed by atoms with E-state index in [2.05, 4.69) is 43.6 Å². The minimum Gasteiger partial charge on any atom is -0.346 e. The fourth-order valence-corrected chi connectivity index (χ4v) is 0. The van der Waals surface area contributed by atoms with Crippen molar-refractivity contribution in [3.63, 3.8) is 0 Å². The van der Waals surface area contributed by atoms with E-state index < -0.39 is 0 Å².